The van der Waals surface area contributed by atoms with E-state index in [0.29, 0.717) is 12.4 Å². The van der Waals surface area contributed by atoms with Crippen LogP contribution in [0.25, 0.3) is 0 Å². The molecule has 2 aromatic rings. The minimum atomic E-state index is -0.192. The fourth-order valence-electron chi connectivity index (χ4n) is 4.41. The molecule has 2 fully saturated rings. The Balaban J connectivity index is 1.32. The van der Waals surface area contributed by atoms with Crippen molar-refractivity contribution < 1.29 is 14.6 Å². The van der Waals surface area contributed by atoms with Crippen LogP contribution in [0.1, 0.15) is 35.9 Å². The maximum atomic E-state index is 11.3. The molecule has 4 rings (SSSR count). The molecular weight excluding hydrogens is 380 g/mol. The number of nitrogens with zero attached hydrogens (tertiary/aromatic N) is 1. The van der Waals surface area contributed by atoms with Crippen molar-refractivity contribution in [3.8, 4) is 11.5 Å². The fraction of sp³-hybridized carbons (Fsp3) is 0.435. The van der Waals surface area contributed by atoms with Crippen LogP contribution in [-0.4, -0.2) is 48.7 Å². The minimum absolute atomic E-state index is 0.00468. The van der Waals surface area contributed by atoms with Crippen LogP contribution in [0, 0.1) is 5.92 Å². The highest BCUT2D eigenvalue weighted by molar-refractivity contribution is 5.76. The molecule has 2 saturated heterocycles. The van der Waals surface area contributed by atoms with E-state index in [0.717, 1.165) is 44.6 Å². The third kappa shape index (κ3) is 4.75. The normalized spacial score (nSPS) is 22.8. The van der Waals surface area contributed by atoms with E-state index >= 15 is 0 Å². The molecule has 2 heterocycles. The molecule has 0 radical (unpaired) electrons. The van der Waals surface area contributed by atoms with Crippen LogP contribution in [0.3, 0.4) is 0 Å². The zero-order chi connectivity index (χ0) is 20.9. The number of aromatic hydroxyl groups is 1. The number of rotatable bonds is 7. The number of benzene rings is 2. The molecule has 0 aliphatic carbocycles. The lowest BCUT2D eigenvalue weighted by atomic mass is 9.88. The number of carbonyl (C=O) groups is 1. The number of primary amides is 1. The van der Waals surface area contributed by atoms with E-state index < -0.39 is 0 Å². The molecule has 160 valence electrons. The van der Waals surface area contributed by atoms with Gasteiger partial charge in [0, 0.05) is 36.6 Å². The first-order valence-electron chi connectivity index (χ1n) is 10.6. The van der Waals surface area contributed by atoms with Gasteiger partial charge in [-0.2, -0.15) is 0 Å². The maximum Gasteiger partial charge on any atom is 0.220 e. The Bertz CT molecular complexity index is 853. The summed E-state index contributed by atoms with van der Waals surface area (Å²) >= 11 is 0. The molecule has 2 aliphatic rings. The average Bonchev–Trinajstić information content (AvgIpc) is 3.24. The molecule has 0 bridgehead atoms. The number of hydrogen-bond donors (Lipinski definition) is 4. The summed E-state index contributed by atoms with van der Waals surface area (Å²) in [5, 5.41) is 10.6. The van der Waals surface area contributed by atoms with Crippen LogP contribution < -0.4 is 21.3 Å². The number of hydrogen-bond acceptors (Lipinski definition) is 6. The van der Waals surface area contributed by atoms with Gasteiger partial charge in [-0.05, 0) is 37.6 Å². The Morgan fingerprint density at radius 2 is 1.93 bits per heavy atom. The van der Waals surface area contributed by atoms with Gasteiger partial charge in [0.2, 0.25) is 5.91 Å². The van der Waals surface area contributed by atoms with E-state index in [-0.39, 0.29) is 29.5 Å². The Kier molecular flexibility index (Phi) is 6.52. The number of amides is 1. The van der Waals surface area contributed by atoms with Crippen molar-refractivity contribution in [1.82, 2.24) is 15.8 Å². The highest BCUT2D eigenvalue weighted by Gasteiger charge is 2.31. The number of likely N-dealkylation sites (tertiary alicyclic amines) is 1. The van der Waals surface area contributed by atoms with Crippen molar-refractivity contribution in [3.05, 3.63) is 59.7 Å². The van der Waals surface area contributed by atoms with E-state index in [1.165, 1.54) is 5.56 Å². The summed E-state index contributed by atoms with van der Waals surface area (Å²) in [7, 11) is 0. The van der Waals surface area contributed by atoms with Gasteiger partial charge in [0.1, 0.15) is 18.1 Å². The second kappa shape index (κ2) is 9.47. The molecule has 1 amide bonds. The largest absolute Gasteiger partial charge is 0.507 e. The van der Waals surface area contributed by atoms with Crippen molar-refractivity contribution in [2.24, 2.45) is 11.7 Å². The van der Waals surface area contributed by atoms with Crippen LogP contribution >= 0.6 is 0 Å². The monoisotopic (exact) mass is 410 g/mol. The zero-order valence-corrected chi connectivity index (χ0v) is 17.1. The highest BCUT2D eigenvalue weighted by Crippen LogP contribution is 2.38. The lowest BCUT2D eigenvalue weighted by Gasteiger charge is -2.30. The van der Waals surface area contributed by atoms with E-state index in [4.69, 9.17) is 10.5 Å². The van der Waals surface area contributed by atoms with Crippen molar-refractivity contribution in [2.45, 2.75) is 24.8 Å². The Labute approximate surface area is 177 Å². The second-order valence-corrected chi connectivity index (χ2v) is 8.11. The Morgan fingerprint density at radius 1 is 1.17 bits per heavy atom. The van der Waals surface area contributed by atoms with Crippen LogP contribution in [0.5, 0.6) is 11.5 Å². The standard InChI is InChI=1S/C23H30N4O3/c24-23(29)17-8-10-27(11-9-17)12-13-30-18-6-7-19(21(28)14-18)22-20(15-25-26-22)16-4-2-1-3-5-16/h1-7,14,17,20,22,25-26,28H,8-13,15H2,(H2,24,29). The molecule has 7 nitrogen and oxygen atoms in total. The molecule has 0 spiro atoms. The summed E-state index contributed by atoms with van der Waals surface area (Å²) < 4.78 is 5.86. The van der Waals surface area contributed by atoms with Crippen LogP contribution in [0.4, 0.5) is 0 Å². The number of nitrogens with two attached hydrogens (primary N) is 1. The van der Waals surface area contributed by atoms with Gasteiger partial charge in [0.15, 0.2) is 0 Å². The molecule has 0 aromatic heterocycles. The van der Waals surface area contributed by atoms with Gasteiger partial charge < -0.3 is 15.6 Å². The first kappa shape index (κ1) is 20.7. The van der Waals surface area contributed by atoms with E-state index in [9.17, 15) is 9.90 Å². The lowest BCUT2D eigenvalue weighted by Crippen LogP contribution is -2.40. The van der Waals surface area contributed by atoms with Crippen LogP contribution in [0.15, 0.2) is 48.5 Å². The molecule has 7 heteroatoms. The molecule has 2 aromatic carbocycles. The molecule has 2 atom stereocenters. The topological polar surface area (TPSA) is 99.9 Å². The Hall–Kier alpha value is -2.61. The summed E-state index contributed by atoms with van der Waals surface area (Å²) in [4.78, 5) is 13.5. The lowest BCUT2D eigenvalue weighted by molar-refractivity contribution is -0.123. The number of ether oxygens (including phenoxy) is 1. The smallest absolute Gasteiger partial charge is 0.220 e. The third-order valence-corrected chi connectivity index (χ3v) is 6.21. The summed E-state index contributed by atoms with van der Waals surface area (Å²) in [6, 6.07) is 15.9. The third-order valence-electron chi connectivity index (χ3n) is 6.21. The van der Waals surface area contributed by atoms with Gasteiger partial charge >= 0.3 is 0 Å². The number of hydrazine groups is 1. The van der Waals surface area contributed by atoms with Crippen molar-refractivity contribution in [1.29, 1.82) is 0 Å². The first-order chi connectivity index (χ1) is 14.6. The molecular formula is C23H30N4O3. The quantitative estimate of drug-likeness (QED) is 0.556. The Morgan fingerprint density at radius 3 is 2.63 bits per heavy atom. The van der Waals surface area contributed by atoms with E-state index in [2.05, 4.69) is 27.9 Å². The fourth-order valence-corrected chi connectivity index (χ4v) is 4.41. The average molecular weight is 411 g/mol. The number of piperidine rings is 1. The molecule has 2 aliphatic heterocycles. The van der Waals surface area contributed by atoms with Gasteiger partial charge in [-0.3, -0.25) is 15.1 Å². The predicted molar refractivity (Wildman–Crippen MR) is 115 cm³/mol. The SMILES string of the molecule is NC(=O)C1CCN(CCOc2ccc(C3NNCC3c3ccccc3)c(O)c2)CC1. The minimum Gasteiger partial charge on any atom is -0.507 e. The van der Waals surface area contributed by atoms with Crippen molar-refractivity contribution in [3.63, 3.8) is 0 Å². The van der Waals surface area contributed by atoms with Crippen LogP contribution in [-0.2, 0) is 4.79 Å². The summed E-state index contributed by atoms with van der Waals surface area (Å²) in [5.74, 6) is 0.947. The second-order valence-electron chi connectivity index (χ2n) is 8.11. The number of phenols is 1. The number of carbonyl (C=O) groups excluding carboxylic acids is 1. The van der Waals surface area contributed by atoms with Gasteiger partial charge in [0.25, 0.3) is 0 Å². The molecule has 5 N–H and O–H groups in total. The molecule has 2 unspecified atom stereocenters. The van der Waals surface area contributed by atoms with Crippen LogP contribution in [0.2, 0.25) is 0 Å². The first-order valence-corrected chi connectivity index (χ1v) is 10.6. The number of nitrogens with one attached hydrogen (secondary N) is 2. The summed E-state index contributed by atoms with van der Waals surface area (Å²) in [5.41, 5.74) is 14.0. The predicted octanol–water partition coefficient (Wildman–Crippen LogP) is 1.90. The maximum absolute atomic E-state index is 11.3. The molecule has 0 saturated carbocycles. The highest BCUT2D eigenvalue weighted by atomic mass is 16.5. The van der Waals surface area contributed by atoms with E-state index in [1.54, 1.807) is 6.07 Å². The summed E-state index contributed by atoms with van der Waals surface area (Å²) in [6.45, 7) is 3.86. The van der Waals surface area contributed by atoms with Gasteiger partial charge in [-0.1, -0.05) is 36.4 Å². The van der Waals surface area contributed by atoms with Crippen molar-refractivity contribution in [2.75, 3.05) is 32.8 Å². The van der Waals surface area contributed by atoms with E-state index in [1.807, 2.05) is 30.3 Å². The van der Waals surface area contributed by atoms with Gasteiger partial charge in [-0.15, -0.1) is 0 Å². The summed E-state index contributed by atoms with van der Waals surface area (Å²) in [6.07, 6.45) is 1.63. The zero-order valence-electron chi connectivity index (χ0n) is 17.1. The van der Waals surface area contributed by atoms with Crippen molar-refractivity contribution >= 4 is 5.91 Å². The number of phenolic OH excluding ortho intramolecular Hbond substituents is 1. The van der Waals surface area contributed by atoms with Gasteiger partial charge in [0.05, 0.1) is 6.04 Å². The van der Waals surface area contributed by atoms with Gasteiger partial charge in [-0.25, -0.2) is 5.43 Å². The molecule has 30 heavy (non-hydrogen) atoms.